The number of Topliss-reactive ketones (excluding diaryl/α,β-unsaturated/α-hetero) is 1. The van der Waals surface area contributed by atoms with Gasteiger partial charge in [0.15, 0.2) is 5.65 Å². The molecule has 0 aromatic carbocycles. The van der Waals surface area contributed by atoms with Crippen molar-refractivity contribution >= 4 is 11.4 Å². The van der Waals surface area contributed by atoms with Crippen molar-refractivity contribution in [2.45, 2.75) is 33.1 Å². The molecule has 2 heterocycles. The minimum absolute atomic E-state index is 0.141. The number of hydrogen-bond acceptors (Lipinski definition) is 3. The third-order valence-corrected chi connectivity index (χ3v) is 2.50. The predicted molar refractivity (Wildman–Crippen MR) is 61.5 cm³/mol. The lowest BCUT2D eigenvalue weighted by Crippen LogP contribution is -2.01. The van der Waals surface area contributed by atoms with Gasteiger partial charge in [-0.1, -0.05) is 19.9 Å². The largest absolute Gasteiger partial charge is 0.300 e. The van der Waals surface area contributed by atoms with Gasteiger partial charge in [-0.25, -0.2) is 0 Å². The average Bonchev–Trinajstić information content (AvgIpc) is 2.61. The fourth-order valence-corrected chi connectivity index (χ4v) is 1.79. The molecule has 0 radical (unpaired) electrons. The summed E-state index contributed by atoms with van der Waals surface area (Å²) in [6, 6.07) is 3.86. The highest BCUT2D eigenvalue weighted by Gasteiger charge is 2.12. The standard InChI is InChI=1S/C12H15N3O/c1-8(2)11-13-14-12-10(7-9(3)16)5-4-6-15(11)12/h4-6,8H,7H2,1-3H3. The third-order valence-electron chi connectivity index (χ3n) is 2.50. The van der Waals surface area contributed by atoms with Crippen LogP contribution < -0.4 is 0 Å². The summed E-state index contributed by atoms with van der Waals surface area (Å²) in [6.45, 7) is 5.74. The zero-order valence-electron chi connectivity index (χ0n) is 9.77. The van der Waals surface area contributed by atoms with Crippen LogP contribution in [0.3, 0.4) is 0 Å². The number of carbonyl (C=O) groups excluding carboxylic acids is 1. The second-order valence-electron chi connectivity index (χ2n) is 4.32. The van der Waals surface area contributed by atoms with Gasteiger partial charge in [0.05, 0.1) is 0 Å². The Morgan fingerprint density at radius 2 is 2.19 bits per heavy atom. The van der Waals surface area contributed by atoms with E-state index in [9.17, 15) is 4.79 Å². The van der Waals surface area contributed by atoms with Gasteiger partial charge in [-0.05, 0) is 13.0 Å². The Labute approximate surface area is 94.3 Å². The zero-order valence-corrected chi connectivity index (χ0v) is 9.77. The lowest BCUT2D eigenvalue weighted by Gasteiger charge is -2.04. The van der Waals surface area contributed by atoms with Crippen molar-refractivity contribution in [1.29, 1.82) is 0 Å². The number of fused-ring (bicyclic) bond motifs is 1. The van der Waals surface area contributed by atoms with Crippen LogP contribution in [-0.2, 0) is 11.2 Å². The van der Waals surface area contributed by atoms with Crippen LogP contribution in [0.1, 0.15) is 38.1 Å². The van der Waals surface area contributed by atoms with Gasteiger partial charge in [-0.2, -0.15) is 0 Å². The number of hydrogen-bond donors (Lipinski definition) is 0. The van der Waals surface area contributed by atoms with Gasteiger partial charge >= 0.3 is 0 Å². The number of pyridine rings is 1. The molecule has 0 atom stereocenters. The van der Waals surface area contributed by atoms with Crippen LogP contribution in [0.4, 0.5) is 0 Å². The average molecular weight is 217 g/mol. The Morgan fingerprint density at radius 1 is 1.44 bits per heavy atom. The van der Waals surface area contributed by atoms with E-state index in [4.69, 9.17) is 0 Å². The van der Waals surface area contributed by atoms with Crippen molar-refractivity contribution < 1.29 is 4.79 Å². The van der Waals surface area contributed by atoms with Crippen LogP contribution in [0.2, 0.25) is 0 Å². The second kappa shape index (κ2) is 4.04. The van der Waals surface area contributed by atoms with E-state index >= 15 is 0 Å². The first-order valence-corrected chi connectivity index (χ1v) is 5.41. The highest BCUT2D eigenvalue weighted by atomic mass is 16.1. The molecule has 0 aliphatic carbocycles. The topological polar surface area (TPSA) is 47.3 Å². The Kier molecular flexibility index (Phi) is 2.73. The highest BCUT2D eigenvalue weighted by molar-refractivity contribution is 5.80. The molecule has 0 N–H and O–H groups in total. The van der Waals surface area contributed by atoms with Crippen molar-refractivity contribution in [1.82, 2.24) is 14.6 Å². The maximum atomic E-state index is 11.1. The van der Waals surface area contributed by atoms with Crippen molar-refractivity contribution in [3.63, 3.8) is 0 Å². The quantitative estimate of drug-likeness (QED) is 0.789. The monoisotopic (exact) mass is 217 g/mol. The molecule has 0 unspecified atom stereocenters. The van der Waals surface area contributed by atoms with Gasteiger partial charge in [0.2, 0.25) is 0 Å². The van der Waals surface area contributed by atoms with Gasteiger partial charge < -0.3 is 0 Å². The molecule has 16 heavy (non-hydrogen) atoms. The minimum atomic E-state index is 0.141. The Balaban J connectivity index is 2.57. The van der Waals surface area contributed by atoms with E-state index in [0.717, 1.165) is 17.0 Å². The van der Waals surface area contributed by atoms with Gasteiger partial charge in [0.25, 0.3) is 0 Å². The molecule has 0 aliphatic heterocycles. The molecule has 0 spiro atoms. The summed E-state index contributed by atoms with van der Waals surface area (Å²) >= 11 is 0. The van der Waals surface area contributed by atoms with E-state index in [0.29, 0.717) is 12.3 Å². The Hall–Kier alpha value is -1.71. The van der Waals surface area contributed by atoms with Gasteiger partial charge in [-0.3, -0.25) is 9.20 Å². The van der Waals surface area contributed by atoms with Gasteiger partial charge in [-0.15, -0.1) is 10.2 Å². The van der Waals surface area contributed by atoms with Gasteiger partial charge in [0.1, 0.15) is 11.6 Å². The fraction of sp³-hybridized carbons (Fsp3) is 0.417. The van der Waals surface area contributed by atoms with Crippen LogP contribution in [0, 0.1) is 0 Å². The molecule has 2 aromatic rings. The first kappa shape index (κ1) is 10.8. The maximum absolute atomic E-state index is 11.1. The number of ketones is 1. The van der Waals surface area contributed by atoms with Gasteiger partial charge in [0, 0.05) is 24.1 Å². The smallest absolute Gasteiger partial charge is 0.164 e. The first-order valence-electron chi connectivity index (χ1n) is 5.41. The molecule has 84 valence electrons. The molecule has 0 saturated carbocycles. The van der Waals surface area contributed by atoms with E-state index in [1.165, 1.54) is 0 Å². The summed E-state index contributed by atoms with van der Waals surface area (Å²) in [4.78, 5) is 11.1. The molecular weight excluding hydrogens is 202 g/mol. The van der Waals surface area contributed by atoms with Crippen molar-refractivity contribution in [2.24, 2.45) is 0 Å². The zero-order chi connectivity index (χ0) is 11.7. The summed E-state index contributed by atoms with van der Waals surface area (Å²) in [5.41, 5.74) is 1.73. The molecule has 2 rings (SSSR count). The molecule has 0 fully saturated rings. The number of rotatable bonds is 3. The molecule has 0 aliphatic rings. The molecule has 4 nitrogen and oxygen atoms in total. The molecule has 0 saturated heterocycles. The predicted octanol–water partition coefficient (Wildman–Crippen LogP) is 1.98. The summed E-state index contributed by atoms with van der Waals surface area (Å²) in [7, 11) is 0. The SMILES string of the molecule is CC(=O)Cc1cccn2c(C(C)C)nnc12. The third kappa shape index (κ3) is 1.83. The maximum Gasteiger partial charge on any atom is 0.164 e. The van der Waals surface area contributed by atoms with Crippen LogP contribution in [0.15, 0.2) is 18.3 Å². The Bertz CT molecular complexity index is 528. The molecule has 4 heteroatoms. The first-order chi connectivity index (χ1) is 7.59. The summed E-state index contributed by atoms with van der Waals surface area (Å²) in [5.74, 6) is 1.39. The summed E-state index contributed by atoms with van der Waals surface area (Å²) in [5, 5.41) is 8.32. The molecule has 0 amide bonds. The summed E-state index contributed by atoms with van der Waals surface area (Å²) in [6.07, 6.45) is 2.36. The van der Waals surface area contributed by atoms with E-state index in [-0.39, 0.29) is 5.78 Å². The fourth-order valence-electron chi connectivity index (χ4n) is 1.79. The van der Waals surface area contributed by atoms with Crippen LogP contribution in [-0.4, -0.2) is 20.4 Å². The molecule has 0 bridgehead atoms. The molecule has 2 aromatic heterocycles. The van der Waals surface area contributed by atoms with E-state index in [1.807, 2.05) is 22.7 Å². The normalized spacial score (nSPS) is 11.2. The van der Waals surface area contributed by atoms with Crippen LogP contribution >= 0.6 is 0 Å². The van der Waals surface area contributed by atoms with Crippen LogP contribution in [0.5, 0.6) is 0 Å². The second-order valence-corrected chi connectivity index (χ2v) is 4.32. The van der Waals surface area contributed by atoms with Crippen molar-refractivity contribution in [3.8, 4) is 0 Å². The van der Waals surface area contributed by atoms with E-state index in [1.54, 1.807) is 6.92 Å². The number of aromatic nitrogens is 3. The number of carbonyl (C=O) groups is 1. The number of nitrogens with zero attached hydrogens (tertiary/aromatic N) is 3. The minimum Gasteiger partial charge on any atom is -0.300 e. The molecular formula is C12H15N3O. The van der Waals surface area contributed by atoms with Crippen LogP contribution in [0.25, 0.3) is 5.65 Å². The van der Waals surface area contributed by atoms with Crippen molar-refractivity contribution in [3.05, 3.63) is 29.7 Å². The van der Waals surface area contributed by atoms with E-state index < -0.39 is 0 Å². The lowest BCUT2D eigenvalue weighted by molar-refractivity contribution is -0.116. The highest BCUT2D eigenvalue weighted by Crippen LogP contribution is 2.16. The lowest BCUT2D eigenvalue weighted by atomic mass is 10.1. The Morgan fingerprint density at radius 3 is 2.81 bits per heavy atom. The summed E-state index contributed by atoms with van der Waals surface area (Å²) < 4.78 is 1.96. The van der Waals surface area contributed by atoms with Crippen molar-refractivity contribution in [2.75, 3.05) is 0 Å². The van der Waals surface area contributed by atoms with E-state index in [2.05, 4.69) is 24.0 Å².